The number of carbonyl (C=O) groups is 1. The Morgan fingerprint density at radius 2 is 2.04 bits per heavy atom. The van der Waals surface area contributed by atoms with E-state index in [-0.39, 0.29) is 5.91 Å². The standard InChI is InChI=1S/C17H18N2O3S/c20-16(12-23-17-4-1-2-7-18-17)19-11-13-5-6-14-15(10-13)22-9-3-8-21-14/h1-2,4-7,10H,3,8-9,11-12H2,(H,19,20). The van der Waals surface area contributed by atoms with Crippen LogP contribution in [0.15, 0.2) is 47.6 Å². The van der Waals surface area contributed by atoms with Gasteiger partial charge in [0.2, 0.25) is 5.91 Å². The van der Waals surface area contributed by atoms with Gasteiger partial charge < -0.3 is 14.8 Å². The molecule has 2 aromatic rings. The molecule has 1 aromatic heterocycles. The lowest BCUT2D eigenvalue weighted by Gasteiger charge is -2.10. The molecular formula is C17H18N2O3S. The molecule has 0 aliphatic carbocycles. The minimum absolute atomic E-state index is 0.0206. The third-order valence-corrected chi connectivity index (χ3v) is 4.23. The number of aromatic nitrogens is 1. The molecule has 3 rings (SSSR count). The molecule has 0 fully saturated rings. The number of pyridine rings is 1. The van der Waals surface area contributed by atoms with Gasteiger partial charge in [-0.1, -0.05) is 23.9 Å². The Morgan fingerprint density at radius 1 is 1.17 bits per heavy atom. The van der Waals surface area contributed by atoms with Crippen molar-refractivity contribution >= 4 is 17.7 Å². The van der Waals surface area contributed by atoms with Crippen molar-refractivity contribution < 1.29 is 14.3 Å². The normalized spacial score (nSPS) is 13.2. The second-order valence-corrected chi connectivity index (χ2v) is 6.06. The summed E-state index contributed by atoms with van der Waals surface area (Å²) in [6.45, 7) is 1.80. The van der Waals surface area contributed by atoms with Gasteiger partial charge in [0.05, 0.1) is 24.0 Å². The highest BCUT2D eigenvalue weighted by Gasteiger charge is 2.11. The molecule has 0 saturated carbocycles. The third-order valence-electron chi connectivity index (χ3n) is 3.29. The first-order chi connectivity index (χ1) is 11.3. The van der Waals surface area contributed by atoms with Gasteiger partial charge in [0.15, 0.2) is 11.5 Å². The first-order valence-corrected chi connectivity index (χ1v) is 8.49. The lowest BCUT2D eigenvalue weighted by molar-refractivity contribution is -0.118. The molecule has 1 aromatic carbocycles. The van der Waals surface area contributed by atoms with Crippen LogP contribution in [0.25, 0.3) is 0 Å². The lowest BCUT2D eigenvalue weighted by atomic mass is 10.2. The molecule has 120 valence electrons. The summed E-state index contributed by atoms with van der Waals surface area (Å²) in [5.41, 5.74) is 0.991. The Labute approximate surface area is 139 Å². The molecule has 0 bridgehead atoms. The molecule has 0 unspecified atom stereocenters. The Balaban J connectivity index is 1.50. The predicted octanol–water partition coefficient (Wildman–Crippen LogP) is 2.65. The number of benzene rings is 1. The van der Waals surface area contributed by atoms with Crippen LogP contribution in [-0.4, -0.2) is 29.9 Å². The zero-order valence-corrected chi connectivity index (χ0v) is 13.5. The van der Waals surface area contributed by atoms with Gasteiger partial charge in [0.1, 0.15) is 0 Å². The number of nitrogens with zero attached hydrogens (tertiary/aromatic N) is 1. The van der Waals surface area contributed by atoms with Crippen LogP contribution in [0.2, 0.25) is 0 Å². The van der Waals surface area contributed by atoms with Crippen LogP contribution in [0, 0.1) is 0 Å². The molecule has 23 heavy (non-hydrogen) atoms. The molecule has 5 nitrogen and oxygen atoms in total. The zero-order valence-electron chi connectivity index (χ0n) is 12.7. The summed E-state index contributed by atoms with van der Waals surface area (Å²) in [6.07, 6.45) is 2.60. The van der Waals surface area contributed by atoms with Crippen LogP contribution in [0.5, 0.6) is 11.5 Å². The highest BCUT2D eigenvalue weighted by atomic mass is 32.2. The Kier molecular flexibility index (Phi) is 5.37. The molecule has 0 radical (unpaired) electrons. The quantitative estimate of drug-likeness (QED) is 0.854. The van der Waals surface area contributed by atoms with Gasteiger partial charge in [-0.2, -0.15) is 0 Å². The van der Waals surface area contributed by atoms with E-state index in [1.54, 1.807) is 6.20 Å². The summed E-state index contributed by atoms with van der Waals surface area (Å²) in [4.78, 5) is 16.1. The fourth-order valence-electron chi connectivity index (χ4n) is 2.14. The van der Waals surface area contributed by atoms with Crippen molar-refractivity contribution in [3.05, 3.63) is 48.2 Å². The number of thioether (sulfide) groups is 1. The van der Waals surface area contributed by atoms with Crippen LogP contribution in [0.3, 0.4) is 0 Å². The zero-order chi connectivity index (χ0) is 15.9. The van der Waals surface area contributed by atoms with Gasteiger partial charge >= 0.3 is 0 Å². The Morgan fingerprint density at radius 3 is 2.87 bits per heavy atom. The summed E-state index contributed by atoms with van der Waals surface area (Å²) in [5, 5.41) is 3.75. The molecule has 6 heteroatoms. The number of amides is 1. The second-order valence-electron chi connectivity index (χ2n) is 5.06. The first-order valence-electron chi connectivity index (χ1n) is 7.50. The van der Waals surface area contributed by atoms with Crippen LogP contribution >= 0.6 is 11.8 Å². The van der Waals surface area contributed by atoms with Crippen molar-refractivity contribution in [3.63, 3.8) is 0 Å². The maximum Gasteiger partial charge on any atom is 0.230 e. The third kappa shape index (κ3) is 4.63. The highest BCUT2D eigenvalue weighted by Crippen LogP contribution is 2.30. The van der Waals surface area contributed by atoms with Crippen molar-refractivity contribution in [1.82, 2.24) is 10.3 Å². The molecule has 1 aliphatic rings. The van der Waals surface area contributed by atoms with Crippen LogP contribution in [0.4, 0.5) is 0 Å². The topological polar surface area (TPSA) is 60.5 Å². The maximum atomic E-state index is 11.9. The number of hydrogen-bond donors (Lipinski definition) is 1. The summed E-state index contributed by atoms with van der Waals surface area (Å²) >= 11 is 1.42. The summed E-state index contributed by atoms with van der Waals surface area (Å²) < 4.78 is 11.2. The van der Waals surface area contributed by atoms with Crippen LogP contribution in [-0.2, 0) is 11.3 Å². The summed E-state index contributed by atoms with van der Waals surface area (Å²) in [5.74, 6) is 1.84. The predicted molar refractivity (Wildman–Crippen MR) is 88.9 cm³/mol. The molecular weight excluding hydrogens is 312 g/mol. The van der Waals surface area contributed by atoms with E-state index in [1.165, 1.54) is 11.8 Å². The number of rotatable bonds is 5. The van der Waals surface area contributed by atoms with Crippen molar-refractivity contribution in [2.45, 2.75) is 18.0 Å². The molecule has 0 atom stereocenters. The van der Waals surface area contributed by atoms with E-state index in [4.69, 9.17) is 9.47 Å². The minimum Gasteiger partial charge on any atom is -0.490 e. The number of ether oxygens (including phenoxy) is 2. The Hall–Kier alpha value is -2.21. The van der Waals surface area contributed by atoms with E-state index in [0.717, 1.165) is 28.5 Å². The maximum absolute atomic E-state index is 11.9. The fraction of sp³-hybridized carbons (Fsp3) is 0.294. The fourth-order valence-corrected chi connectivity index (χ4v) is 2.83. The van der Waals surface area contributed by atoms with Gasteiger partial charge in [-0.05, 0) is 29.8 Å². The average molecular weight is 330 g/mol. The molecule has 0 spiro atoms. The van der Waals surface area contributed by atoms with Gasteiger partial charge in [-0.3, -0.25) is 4.79 Å². The van der Waals surface area contributed by atoms with Gasteiger partial charge in [-0.25, -0.2) is 4.98 Å². The average Bonchev–Trinajstić information content (AvgIpc) is 2.84. The molecule has 1 N–H and O–H groups in total. The highest BCUT2D eigenvalue weighted by molar-refractivity contribution is 7.99. The van der Waals surface area contributed by atoms with Crippen molar-refractivity contribution in [3.8, 4) is 11.5 Å². The SMILES string of the molecule is O=C(CSc1ccccn1)NCc1ccc2c(c1)OCCCO2. The molecule has 0 saturated heterocycles. The van der Waals surface area contributed by atoms with Gasteiger partial charge in [0.25, 0.3) is 0 Å². The van der Waals surface area contributed by atoms with E-state index in [0.29, 0.717) is 25.5 Å². The van der Waals surface area contributed by atoms with E-state index in [2.05, 4.69) is 10.3 Å². The van der Waals surface area contributed by atoms with E-state index in [9.17, 15) is 4.79 Å². The molecule has 1 amide bonds. The van der Waals surface area contributed by atoms with E-state index >= 15 is 0 Å². The first kappa shape index (κ1) is 15.7. The van der Waals surface area contributed by atoms with Crippen LogP contribution in [0.1, 0.15) is 12.0 Å². The number of carbonyl (C=O) groups excluding carboxylic acids is 1. The van der Waals surface area contributed by atoms with Gasteiger partial charge in [-0.15, -0.1) is 0 Å². The number of fused-ring (bicyclic) bond motifs is 1. The van der Waals surface area contributed by atoms with E-state index in [1.807, 2.05) is 36.4 Å². The van der Waals surface area contributed by atoms with Crippen molar-refractivity contribution in [1.29, 1.82) is 0 Å². The monoisotopic (exact) mass is 330 g/mol. The van der Waals surface area contributed by atoms with E-state index < -0.39 is 0 Å². The number of hydrogen-bond acceptors (Lipinski definition) is 5. The smallest absolute Gasteiger partial charge is 0.230 e. The van der Waals surface area contributed by atoms with Crippen LogP contribution < -0.4 is 14.8 Å². The Bertz CT molecular complexity index is 664. The molecule has 1 aliphatic heterocycles. The summed E-state index contributed by atoms with van der Waals surface area (Å²) in [7, 11) is 0. The van der Waals surface area contributed by atoms with Crippen molar-refractivity contribution in [2.24, 2.45) is 0 Å². The lowest BCUT2D eigenvalue weighted by Crippen LogP contribution is -2.24. The minimum atomic E-state index is -0.0206. The number of nitrogens with one attached hydrogen (secondary N) is 1. The summed E-state index contributed by atoms with van der Waals surface area (Å²) in [6, 6.07) is 11.4. The van der Waals surface area contributed by atoms with Crippen molar-refractivity contribution in [2.75, 3.05) is 19.0 Å². The largest absolute Gasteiger partial charge is 0.490 e. The van der Waals surface area contributed by atoms with Gasteiger partial charge in [0, 0.05) is 19.2 Å². The second kappa shape index (κ2) is 7.87. The molecule has 2 heterocycles.